The molecular formula is C16H25ClN2O. The summed E-state index contributed by atoms with van der Waals surface area (Å²) in [7, 11) is 0. The predicted molar refractivity (Wildman–Crippen MR) is 85.7 cm³/mol. The zero-order valence-corrected chi connectivity index (χ0v) is 13.2. The maximum atomic E-state index is 6.47. The molecule has 0 aromatic heterocycles. The molecule has 0 radical (unpaired) electrons. The summed E-state index contributed by atoms with van der Waals surface area (Å²) in [5, 5.41) is 0.819. The van der Waals surface area contributed by atoms with Crippen LogP contribution in [0.1, 0.15) is 32.3 Å². The largest absolute Gasteiger partial charge is 0.377 e. The Hall–Kier alpha value is -0.770. The Bertz CT molecular complexity index is 438. The van der Waals surface area contributed by atoms with Gasteiger partial charge in [0.2, 0.25) is 0 Å². The number of rotatable bonds is 4. The first-order valence-electron chi connectivity index (χ1n) is 7.50. The molecule has 1 aliphatic rings. The molecule has 112 valence electrons. The Labute approximate surface area is 127 Å². The number of nitrogens with zero attached hydrogens (tertiary/aromatic N) is 1. The minimum atomic E-state index is 0.212. The molecule has 1 aliphatic heterocycles. The topological polar surface area (TPSA) is 38.5 Å². The Kier molecular flexibility index (Phi) is 5.70. The molecule has 1 fully saturated rings. The van der Waals surface area contributed by atoms with Gasteiger partial charge in [-0.25, -0.2) is 0 Å². The van der Waals surface area contributed by atoms with Crippen molar-refractivity contribution in [3.63, 3.8) is 0 Å². The summed E-state index contributed by atoms with van der Waals surface area (Å²) in [5.74, 6) is 0. The smallest absolute Gasteiger partial charge is 0.0721 e. The van der Waals surface area contributed by atoms with Gasteiger partial charge < -0.3 is 15.4 Å². The van der Waals surface area contributed by atoms with Crippen molar-refractivity contribution in [1.82, 2.24) is 0 Å². The molecule has 2 atom stereocenters. The van der Waals surface area contributed by atoms with Gasteiger partial charge in [0.1, 0.15) is 0 Å². The van der Waals surface area contributed by atoms with Gasteiger partial charge in [0.15, 0.2) is 0 Å². The van der Waals surface area contributed by atoms with Crippen LogP contribution >= 0.6 is 11.6 Å². The fraction of sp³-hybridized carbons (Fsp3) is 0.625. The minimum absolute atomic E-state index is 0.212. The van der Waals surface area contributed by atoms with Crippen molar-refractivity contribution < 1.29 is 4.74 Å². The van der Waals surface area contributed by atoms with Gasteiger partial charge in [0.05, 0.1) is 16.8 Å². The number of halogens is 1. The van der Waals surface area contributed by atoms with E-state index in [1.54, 1.807) is 0 Å². The molecule has 2 N–H and O–H groups in total. The van der Waals surface area contributed by atoms with Crippen molar-refractivity contribution in [2.75, 3.05) is 24.6 Å². The van der Waals surface area contributed by atoms with Crippen LogP contribution in [0.3, 0.4) is 0 Å². The highest BCUT2D eigenvalue weighted by Gasteiger charge is 2.17. The van der Waals surface area contributed by atoms with E-state index < -0.39 is 0 Å². The third-order valence-corrected chi connectivity index (χ3v) is 4.13. The molecule has 2 rings (SSSR count). The highest BCUT2D eigenvalue weighted by Crippen LogP contribution is 2.28. The minimum Gasteiger partial charge on any atom is -0.377 e. The highest BCUT2D eigenvalue weighted by atomic mass is 35.5. The molecule has 0 saturated carbocycles. The maximum Gasteiger partial charge on any atom is 0.0721 e. The fourth-order valence-electron chi connectivity index (χ4n) is 2.59. The molecule has 0 amide bonds. The number of hydrogen-bond acceptors (Lipinski definition) is 3. The number of hydrogen-bond donors (Lipinski definition) is 1. The number of nitrogens with two attached hydrogens (primary N) is 1. The lowest BCUT2D eigenvalue weighted by Gasteiger charge is -2.25. The van der Waals surface area contributed by atoms with Crippen molar-refractivity contribution in [2.45, 2.75) is 45.3 Å². The van der Waals surface area contributed by atoms with Crippen LogP contribution in [0.2, 0.25) is 5.02 Å². The van der Waals surface area contributed by atoms with Gasteiger partial charge in [-0.1, -0.05) is 24.6 Å². The molecule has 1 aromatic carbocycles. The molecule has 3 nitrogen and oxygen atoms in total. The summed E-state index contributed by atoms with van der Waals surface area (Å²) < 4.78 is 5.68. The van der Waals surface area contributed by atoms with Crippen molar-refractivity contribution in [3.8, 4) is 0 Å². The average molecular weight is 297 g/mol. The first-order chi connectivity index (χ1) is 9.60. The van der Waals surface area contributed by atoms with Gasteiger partial charge in [-0.2, -0.15) is 0 Å². The summed E-state index contributed by atoms with van der Waals surface area (Å²) in [6.07, 6.45) is 3.17. The van der Waals surface area contributed by atoms with Gasteiger partial charge in [0.25, 0.3) is 0 Å². The van der Waals surface area contributed by atoms with Crippen LogP contribution in [-0.2, 0) is 11.2 Å². The Balaban J connectivity index is 2.12. The summed E-state index contributed by atoms with van der Waals surface area (Å²) in [6, 6.07) is 6.54. The third-order valence-electron chi connectivity index (χ3n) is 3.83. The van der Waals surface area contributed by atoms with Crippen LogP contribution < -0.4 is 10.6 Å². The number of ether oxygens (including phenoxy) is 1. The standard InChI is InChI=1S/C16H25ClN2O/c1-3-14(18)9-13-5-6-16(15(17)10-13)19-7-4-8-20-12(2)11-19/h5-6,10,12,14H,3-4,7-9,11,18H2,1-2H3. The molecule has 1 aromatic rings. The van der Waals surface area contributed by atoms with Crippen LogP contribution in [-0.4, -0.2) is 31.8 Å². The van der Waals surface area contributed by atoms with E-state index in [1.165, 1.54) is 5.56 Å². The Morgan fingerprint density at radius 1 is 1.50 bits per heavy atom. The predicted octanol–water partition coefficient (Wildman–Crippen LogP) is 3.24. The second-order valence-corrected chi connectivity index (χ2v) is 6.05. The lowest BCUT2D eigenvalue weighted by atomic mass is 10.0. The van der Waals surface area contributed by atoms with Gasteiger partial charge >= 0.3 is 0 Å². The van der Waals surface area contributed by atoms with E-state index in [0.29, 0.717) is 0 Å². The molecule has 0 bridgehead atoms. The van der Waals surface area contributed by atoms with Crippen molar-refractivity contribution in [3.05, 3.63) is 28.8 Å². The summed E-state index contributed by atoms with van der Waals surface area (Å²) in [6.45, 7) is 6.95. The van der Waals surface area contributed by atoms with E-state index >= 15 is 0 Å². The van der Waals surface area contributed by atoms with E-state index in [-0.39, 0.29) is 12.1 Å². The van der Waals surface area contributed by atoms with Crippen LogP contribution in [0.5, 0.6) is 0 Å². The molecule has 20 heavy (non-hydrogen) atoms. The molecule has 1 heterocycles. The summed E-state index contributed by atoms with van der Waals surface area (Å²) in [4.78, 5) is 2.32. The second-order valence-electron chi connectivity index (χ2n) is 5.64. The van der Waals surface area contributed by atoms with Crippen LogP contribution in [0.4, 0.5) is 5.69 Å². The van der Waals surface area contributed by atoms with Gasteiger partial charge in [0, 0.05) is 25.7 Å². The lowest BCUT2D eigenvalue weighted by Crippen LogP contribution is -2.30. The summed E-state index contributed by atoms with van der Waals surface area (Å²) in [5.41, 5.74) is 8.33. The Morgan fingerprint density at radius 3 is 3.00 bits per heavy atom. The van der Waals surface area contributed by atoms with E-state index in [1.807, 2.05) is 0 Å². The quantitative estimate of drug-likeness (QED) is 0.927. The second kappa shape index (κ2) is 7.30. The van der Waals surface area contributed by atoms with Crippen LogP contribution in [0.15, 0.2) is 18.2 Å². The highest BCUT2D eigenvalue weighted by molar-refractivity contribution is 6.33. The maximum absolute atomic E-state index is 6.47. The first kappa shape index (κ1) is 15.6. The van der Waals surface area contributed by atoms with Crippen molar-refractivity contribution in [2.24, 2.45) is 5.73 Å². The van der Waals surface area contributed by atoms with Crippen molar-refractivity contribution in [1.29, 1.82) is 0 Å². The average Bonchev–Trinajstić information content (AvgIpc) is 2.63. The van der Waals surface area contributed by atoms with Crippen molar-refractivity contribution >= 4 is 17.3 Å². The zero-order valence-electron chi connectivity index (χ0n) is 12.4. The van der Waals surface area contributed by atoms with Gasteiger partial charge in [-0.05, 0) is 43.9 Å². The monoisotopic (exact) mass is 296 g/mol. The van der Waals surface area contributed by atoms with E-state index in [0.717, 1.165) is 49.7 Å². The lowest BCUT2D eigenvalue weighted by molar-refractivity contribution is 0.0821. The fourth-order valence-corrected chi connectivity index (χ4v) is 2.92. The van der Waals surface area contributed by atoms with Gasteiger partial charge in [-0.3, -0.25) is 0 Å². The van der Waals surface area contributed by atoms with Crippen LogP contribution in [0, 0.1) is 0 Å². The Morgan fingerprint density at radius 2 is 2.30 bits per heavy atom. The van der Waals surface area contributed by atoms with Crippen LogP contribution in [0.25, 0.3) is 0 Å². The third kappa shape index (κ3) is 4.11. The number of benzene rings is 1. The van der Waals surface area contributed by atoms with Gasteiger partial charge in [-0.15, -0.1) is 0 Å². The zero-order chi connectivity index (χ0) is 14.5. The molecule has 4 heteroatoms. The summed E-state index contributed by atoms with van der Waals surface area (Å²) >= 11 is 6.47. The molecule has 0 aliphatic carbocycles. The number of anilines is 1. The normalized spacial score (nSPS) is 21.6. The SMILES string of the molecule is CCC(N)Cc1ccc(N2CCCOC(C)C2)c(Cl)c1. The first-order valence-corrected chi connectivity index (χ1v) is 7.88. The molecule has 1 saturated heterocycles. The van der Waals surface area contributed by atoms with E-state index in [9.17, 15) is 0 Å². The van der Waals surface area contributed by atoms with E-state index in [4.69, 9.17) is 22.1 Å². The molecule has 0 spiro atoms. The molecular weight excluding hydrogens is 272 g/mol. The molecule has 2 unspecified atom stereocenters. The van der Waals surface area contributed by atoms with E-state index in [2.05, 4.69) is 36.9 Å².